The van der Waals surface area contributed by atoms with Gasteiger partial charge in [-0.25, -0.2) is 19.5 Å². The number of nitrogens with one attached hydrogen (secondary N) is 2. The highest BCUT2D eigenvalue weighted by Crippen LogP contribution is 2.40. The minimum absolute atomic E-state index is 0.347. The summed E-state index contributed by atoms with van der Waals surface area (Å²) in [6.07, 6.45) is 5.85. The van der Waals surface area contributed by atoms with Crippen LogP contribution in [0.3, 0.4) is 0 Å². The third-order valence-corrected chi connectivity index (χ3v) is 5.69. The summed E-state index contributed by atoms with van der Waals surface area (Å²) in [4.78, 5) is 22.3. The predicted octanol–water partition coefficient (Wildman–Crippen LogP) is 4.03. The number of methoxy groups -OCH3 is 3. The van der Waals surface area contributed by atoms with E-state index in [1.807, 2.05) is 41.0 Å². The largest absolute Gasteiger partial charge is 0.493 e. The van der Waals surface area contributed by atoms with Gasteiger partial charge in [0.25, 0.3) is 0 Å². The second-order valence-corrected chi connectivity index (χ2v) is 7.94. The van der Waals surface area contributed by atoms with Gasteiger partial charge in [-0.1, -0.05) is 12.1 Å². The van der Waals surface area contributed by atoms with Crippen molar-refractivity contribution < 1.29 is 14.2 Å². The molecular weight excluding hydrogens is 472 g/mol. The van der Waals surface area contributed by atoms with Gasteiger partial charge in [0.1, 0.15) is 6.33 Å². The van der Waals surface area contributed by atoms with E-state index in [1.165, 1.54) is 11.9 Å². The monoisotopic (exact) mass is 498 g/mol. The van der Waals surface area contributed by atoms with E-state index >= 15 is 0 Å². The third kappa shape index (κ3) is 5.06. The second-order valence-electron chi connectivity index (χ2n) is 7.94. The van der Waals surface area contributed by atoms with Crippen LogP contribution in [0.5, 0.6) is 17.2 Å². The lowest BCUT2D eigenvalue weighted by Gasteiger charge is -2.15. The first-order valence-electron chi connectivity index (χ1n) is 11.6. The van der Waals surface area contributed by atoms with Crippen LogP contribution in [0.25, 0.3) is 17.0 Å². The minimum atomic E-state index is 0.347. The quantitative estimate of drug-likeness (QED) is 0.292. The molecule has 2 N–H and O–H groups in total. The molecule has 2 aromatic carbocycles. The Labute approximate surface area is 213 Å². The maximum atomic E-state index is 5.45. The molecule has 0 aliphatic heterocycles. The van der Waals surface area contributed by atoms with Gasteiger partial charge in [0.05, 0.1) is 32.4 Å². The average Bonchev–Trinajstić information content (AvgIpc) is 3.31. The molecule has 0 saturated carbocycles. The lowest BCUT2D eigenvalue weighted by Crippen LogP contribution is -2.12. The first kappa shape index (κ1) is 23.8. The van der Waals surface area contributed by atoms with Crippen molar-refractivity contribution >= 4 is 28.6 Å². The number of nitrogens with zero attached hydrogens (tertiary/aromatic N) is 6. The number of anilines is 3. The summed E-state index contributed by atoms with van der Waals surface area (Å²) < 4.78 is 18.2. The highest BCUT2D eigenvalue weighted by atomic mass is 16.5. The molecule has 0 spiro atoms. The van der Waals surface area contributed by atoms with Gasteiger partial charge < -0.3 is 24.8 Å². The van der Waals surface area contributed by atoms with Crippen molar-refractivity contribution in [3.63, 3.8) is 0 Å². The molecule has 0 aliphatic rings. The summed E-state index contributed by atoms with van der Waals surface area (Å²) >= 11 is 0. The van der Waals surface area contributed by atoms with Crippen molar-refractivity contribution in [1.82, 2.24) is 29.5 Å². The van der Waals surface area contributed by atoms with Crippen molar-refractivity contribution in [2.45, 2.75) is 6.42 Å². The molecule has 188 valence electrons. The minimum Gasteiger partial charge on any atom is -0.493 e. The number of para-hydroxylation sites is 2. The molecule has 11 nitrogen and oxygen atoms in total. The van der Waals surface area contributed by atoms with Gasteiger partial charge in [0.2, 0.25) is 23.6 Å². The number of hydrogen-bond donors (Lipinski definition) is 2. The fourth-order valence-electron chi connectivity index (χ4n) is 3.95. The summed E-state index contributed by atoms with van der Waals surface area (Å²) in [6.45, 7) is 0.676. The molecule has 0 atom stereocenters. The van der Waals surface area contributed by atoms with Crippen molar-refractivity contribution in [2.24, 2.45) is 0 Å². The maximum Gasteiger partial charge on any atom is 0.241 e. The van der Waals surface area contributed by atoms with E-state index in [2.05, 4.69) is 30.6 Å². The van der Waals surface area contributed by atoms with Crippen LogP contribution >= 0.6 is 0 Å². The first-order valence-corrected chi connectivity index (χ1v) is 11.6. The normalized spacial score (nSPS) is 10.8. The van der Waals surface area contributed by atoms with E-state index in [1.54, 1.807) is 45.9 Å². The number of rotatable bonds is 10. The Hall–Kier alpha value is -4.93. The van der Waals surface area contributed by atoms with Crippen LogP contribution in [-0.2, 0) is 6.42 Å². The Bertz CT molecular complexity index is 1480. The van der Waals surface area contributed by atoms with Gasteiger partial charge in [0, 0.05) is 36.8 Å². The highest BCUT2D eigenvalue weighted by Gasteiger charge is 2.17. The van der Waals surface area contributed by atoms with E-state index in [9.17, 15) is 0 Å². The molecule has 11 heteroatoms. The molecule has 37 heavy (non-hydrogen) atoms. The van der Waals surface area contributed by atoms with Crippen molar-refractivity contribution in [3.8, 4) is 23.2 Å². The SMILES string of the molecule is COc1cc(Nc2ncnc(-n3c(NCCc4ccncc4)nc4ccccc43)n2)cc(OC)c1OC. The van der Waals surface area contributed by atoms with Crippen LogP contribution in [0, 0.1) is 0 Å². The zero-order valence-electron chi connectivity index (χ0n) is 20.7. The predicted molar refractivity (Wildman–Crippen MR) is 140 cm³/mol. The molecule has 3 aromatic heterocycles. The van der Waals surface area contributed by atoms with Crippen LogP contribution in [0.1, 0.15) is 5.56 Å². The lowest BCUT2D eigenvalue weighted by atomic mass is 10.2. The van der Waals surface area contributed by atoms with E-state index in [0.29, 0.717) is 47.3 Å². The third-order valence-electron chi connectivity index (χ3n) is 5.69. The number of ether oxygens (including phenoxy) is 3. The summed E-state index contributed by atoms with van der Waals surface area (Å²) in [6, 6.07) is 15.4. The first-order chi connectivity index (χ1) is 18.2. The fourth-order valence-corrected chi connectivity index (χ4v) is 3.95. The van der Waals surface area contributed by atoms with Crippen LogP contribution in [0.4, 0.5) is 17.6 Å². The van der Waals surface area contributed by atoms with Gasteiger partial charge in [0.15, 0.2) is 11.5 Å². The molecule has 0 amide bonds. The van der Waals surface area contributed by atoms with Crippen molar-refractivity contribution in [3.05, 3.63) is 72.8 Å². The molecule has 0 aliphatic carbocycles. The lowest BCUT2D eigenvalue weighted by molar-refractivity contribution is 0.324. The Morgan fingerprint density at radius 2 is 1.62 bits per heavy atom. The summed E-state index contributed by atoms with van der Waals surface area (Å²) in [5.41, 5.74) is 3.55. The van der Waals surface area contributed by atoms with E-state index in [4.69, 9.17) is 19.2 Å². The second kappa shape index (κ2) is 10.8. The van der Waals surface area contributed by atoms with Crippen molar-refractivity contribution in [2.75, 3.05) is 38.5 Å². The van der Waals surface area contributed by atoms with Crippen LogP contribution in [0.2, 0.25) is 0 Å². The van der Waals surface area contributed by atoms with Crippen LogP contribution in [0.15, 0.2) is 67.3 Å². The number of pyridine rings is 1. The summed E-state index contributed by atoms with van der Waals surface area (Å²) in [5.74, 6) is 2.93. The standard InChI is InChI=1S/C26H26N8O3/c1-35-21-14-18(15-22(36-2)23(21)37-3)31-24-29-16-30-26(33-24)34-20-7-5-4-6-19(20)32-25(34)28-13-10-17-8-11-27-12-9-17/h4-9,11-12,14-16H,10,13H2,1-3H3,(H,28,32)(H,29,30,31,33). The average molecular weight is 499 g/mol. The van der Waals surface area contributed by atoms with Gasteiger partial charge in [-0.3, -0.25) is 4.98 Å². The fraction of sp³-hybridized carbons (Fsp3) is 0.192. The Morgan fingerprint density at radius 3 is 2.35 bits per heavy atom. The Morgan fingerprint density at radius 1 is 0.865 bits per heavy atom. The molecule has 5 rings (SSSR count). The zero-order valence-corrected chi connectivity index (χ0v) is 20.7. The Kier molecular flexibility index (Phi) is 6.93. The van der Waals surface area contributed by atoms with E-state index in [0.717, 1.165) is 17.5 Å². The molecule has 0 unspecified atom stereocenters. The number of hydrogen-bond acceptors (Lipinski definition) is 10. The van der Waals surface area contributed by atoms with Gasteiger partial charge in [-0.05, 0) is 36.2 Å². The van der Waals surface area contributed by atoms with Crippen LogP contribution in [-0.4, -0.2) is 57.4 Å². The zero-order chi connectivity index (χ0) is 25.6. The topological polar surface area (TPSA) is 121 Å². The number of imidazole rings is 1. The Balaban J connectivity index is 1.46. The molecule has 3 heterocycles. The summed E-state index contributed by atoms with van der Waals surface area (Å²) in [7, 11) is 4.69. The van der Waals surface area contributed by atoms with Gasteiger partial charge >= 0.3 is 0 Å². The van der Waals surface area contributed by atoms with E-state index < -0.39 is 0 Å². The number of aromatic nitrogens is 6. The number of fused-ring (bicyclic) bond motifs is 1. The molecule has 0 bridgehead atoms. The maximum absolute atomic E-state index is 5.45. The molecule has 5 aromatic rings. The molecule has 0 saturated heterocycles. The molecular formula is C26H26N8O3. The molecule has 0 radical (unpaired) electrons. The van der Waals surface area contributed by atoms with Gasteiger partial charge in [-0.15, -0.1) is 0 Å². The smallest absolute Gasteiger partial charge is 0.241 e. The van der Waals surface area contributed by atoms with E-state index in [-0.39, 0.29) is 0 Å². The van der Waals surface area contributed by atoms with Gasteiger partial charge in [-0.2, -0.15) is 4.98 Å². The van der Waals surface area contributed by atoms with Crippen molar-refractivity contribution in [1.29, 1.82) is 0 Å². The van der Waals surface area contributed by atoms with Crippen LogP contribution < -0.4 is 24.8 Å². The molecule has 0 fully saturated rings. The highest BCUT2D eigenvalue weighted by molar-refractivity contribution is 5.80. The number of benzene rings is 2. The summed E-state index contributed by atoms with van der Waals surface area (Å²) in [5, 5.41) is 6.63.